The van der Waals surface area contributed by atoms with Gasteiger partial charge in [0.2, 0.25) is 0 Å². The molecule has 2 aromatic rings. The molecule has 1 unspecified atom stereocenters. The maximum Gasteiger partial charge on any atom is 0.418 e. The van der Waals surface area contributed by atoms with Crippen molar-refractivity contribution in [2.24, 2.45) is 0 Å². The molecule has 156 valence electrons. The van der Waals surface area contributed by atoms with Gasteiger partial charge in [0, 0.05) is 16.2 Å². The Labute approximate surface area is 169 Å². The quantitative estimate of drug-likeness (QED) is 0.340. The smallest absolute Gasteiger partial charge is 0.418 e. The van der Waals surface area contributed by atoms with E-state index in [1.165, 1.54) is 42.1 Å². The lowest BCUT2D eigenvalue weighted by molar-refractivity contribution is -0.384. The number of nitrogens with one attached hydrogen (secondary N) is 1. The van der Waals surface area contributed by atoms with Crippen LogP contribution in [-0.4, -0.2) is 22.7 Å². The van der Waals surface area contributed by atoms with Crippen molar-refractivity contribution in [1.82, 2.24) is 0 Å². The summed E-state index contributed by atoms with van der Waals surface area (Å²) in [6, 6.07) is 8.88. The van der Waals surface area contributed by atoms with E-state index in [1.807, 2.05) is 13.8 Å². The molecule has 0 aromatic heterocycles. The zero-order valence-electron chi connectivity index (χ0n) is 15.7. The number of hydrogen-bond acceptors (Lipinski definition) is 5. The van der Waals surface area contributed by atoms with Crippen LogP contribution in [-0.2, 0) is 11.0 Å². The number of carbonyl (C=O) groups is 1. The number of ether oxygens (including phenoxy) is 1. The zero-order chi connectivity index (χ0) is 21.6. The summed E-state index contributed by atoms with van der Waals surface area (Å²) in [5.74, 6) is -0.755. The lowest BCUT2D eigenvalue weighted by Crippen LogP contribution is -2.22. The normalized spacial score (nSPS) is 12.3. The first kappa shape index (κ1) is 22.5. The summed E-state index contributed by atoms with van der Waals surface area (Å²) in [7, 11) is 0. The number of carbonyl (C=O) groups excluding carboxylic acids is 1. The summed E-state index contributed by atoms with van der Waals surface area (Å²) < 4.78 is 45.4. The third-order valence-corrected chi connectivity index (χ3v) is 5.14. The molecule has 1 N–H and O–H groups in total. The zero-order valence-corrected chi connectivity index (χ0v) is 16.5. The summed E-state index contributed by atoms with van der Waals surface area (Å²) in [5, 5.41) is 13.1. The average molecular weight is 428 g/mol. The Bertz CT molecular complexity index is 890. The van der Waals surface area contributed by atoms with Crippen molar-refractivity contribution < 1.29 is 27.6 Å². The van der Waals surface area contributed by atoms with E-state index in [0.717, 1.165) is 18.6 Å². The molecule has 1 atom stereocenters. The lowest BCUT2D eigenvalue weighted by Gasteiger charge is -2.16. The van der Waals surface area contributed by atoms with Gasteiger partial charge in [-0.25, -0.2) is 0 Å². The number of thioether (sulfide) groups is 1. The second kappa shape index (κ2) is 9.64. The molecule has 6 nitrogen and oxygen atoms in total. The molecular formula is C19H19F3N2O4S. The molecule has 0 saturated heterocycles. The van der Waals surface area contributed by atoms with Crippen LogP contribution in [0.1, 0.15) is 25.8 Å². The van der Waals surface area contributed by atoms with E-state index < -0.39 is 29.2 Å². The number of halogens is 3. The van der Waals surface area contributed by atoms with Gasteiger partial charge in [-0.1, -0.05) is 19.9 Å². The van der Waals surface area contributed by atoms with E-state index in [9.17, 15) is 28.1 Å². The van der Waals surface area contributed by atoms with Gasteiger partial charge >= 0.3 is 6.18 Å². The molecular weight excluding hydrogens is 409 g/mol. The van der Waals surface area contributed by atoms with Crippen molar-refractivity contribution in [1.29, 1.82) is 0 Å². The van der Waals surface area contributed by atoms with Gasteiger partial charge in [-0.3, -0.25) is 14.9 Å². The number of nitro groups is 1. The average Bonchev–Trinajstić information content (AvgIpc) is 2.66. The fraction of sp³-hybridized carbons (Fsp3) is 0.316. The Kier molecular flexibility index (Phi) is 7.49. The van der Waals surface area contributed by atoms with Gasteiger partial charge < -0.3 is 10.1 Å². The molecule has 0 radical (unpaired) electrons. The number of alkyl halides is 3. The van der Waals surface area contributed by atoms with E-state index in [4.69, 9.17) is 4.74 Å². The van der Waals surface area contributed by atoms with Gasteiger partial charge in [0.15, 0.2) is 6.61 Å². The van der Waals surface area contributed by atoms with Gasteiger partial charge in [-0.05, 0) is 30.7 Å². The Hall–Kier alpha value is -2.75. The minimum Gasteiger partial charge on any atom is -0.484 e. The minimum atomic E-state index is -4.64. The van der Waals surface area contributed by atoms with Crippen molar-refractivity contribution in [3.63, 3.8) is 0 Å². The molecule has 2 rings (SSSR count). The molecule has 0 fully saturated rings. The van der Waals surface area contributed by atoms with Crippen molar-refractivity contribution >= 4 is 29.0 Å². The van der Waals surface area contributed by atoms with E-state index in [2.05, 4.69) is 5.32 Å². The van der Waals surface area contributed by atoms with Crippen LogP contribution >= 0.6 is 11.8 Å². The van der Waals surface area contributed by atoms with Gasteiger partial charge in [0.1, 0.15) is 5.75 Å². The van der Waals surface area contributed by atoms with E-state index in [1.54, 1.807) is 0 Å². The summed E-state index contributed by atoms with van der Waals surface area (Å²) in [5.41, 5.74) is -1.55. The van der Waals surface area contributed by atoms with E-state index in [-0.39, 0.29) is 22.4 Å². The molecule has 0 aliphatic rings. The van der Waals surface area contributed by atoms with Crippen LogP contribution in [0.3, 0.4) is 0 Å². The number of nitrogens with zero attached hydrogens (tertiary/aromatic N) is 1. The highest BCUT2D eigenvalue weighted by molar-refractivity contribution is 7.99. The predicted molar refractivity (Wildman–Crippen MR) is 104 cm³/mol. The molecule has 0 spiro atoms. The predicted octanol–water partition coefficient (Wildman–Crippen LogP) is 5.52. The molecule has 0 aliphatic carbocycles. The first-order valence-electron chi connectivity index (χ1n) is 8.65. The molecule has 29 heavy (non-hydrogen) atoms. The molecule has 10 heteroatoms. The number of rotatable bonds is 8. The Morgan fingerprint density at radius 3 is 2.62 bits per heavy atom. The van der Waals surface area contributed by atoms with Crippen molar-refractivity contribution in [2.45, 2.75) is 36.6 Å². The fourth-order valence-electron chi connectivity index (χ4n) is 2.28. The maximum atomic E-state index is 13.4. The molecule has 0 bridgehead atoms. The Balaban J connectivity index is 2.10. The highest BCUT2D eigenvalue weighted by Gasteiger charge is 2.34. The standard InChI is InChI=1S/C19H19F3N2O4S/c1-3-12(2)29-15-7-8-17(16(10-15)19(20,21)22)23-18(25)11-28-14-6-4-5-13(9-14)24(26)27/h4-10,12H,3,11H2,1-2H3,(H,23,25). The van der Waals surface area contributed by atoms with Crippen LogP contribution in [0.2, 0.25) is 0 Å². The second-order valence-corrected chi connectivity index (χ2v) is 7.65. The monoisotopic (exact) mass is 428 g/mol. The first-order valence-corrected chi connectivity index (χ1v) is 9.53. The number of anilines is 1. The molecule has 0 aliphatic heterocycles. The topological polar surface area (TPSA) is 81.5 Å². The Morgan fingerprint density at radius 2 is 2.00 bits per heavy atom. The van der Waals surface area contributed by atoms with Crippen molar-refractivity contribution in [3.8, 4) is 5.75 Å². The third kappa shape index (κ3) is 6.67. The first-order chi connectivity index (χ1) is 13.6. The molecule has 2 aromatic carbocycles. The largest absolute Gasteiger partial charge is 0.484 e. The number of nitro benzene ring substituents is 1. The number of benzene rings is 2. The van der Waals surface area contributed by atoms with Crippen LogP contribution in [0, 0.1) is 10.1 Å². The highest BCUT2D eigenvalue weighted by atomic mass is 32.2. The van der Waals surface area contributed by atoms with Gasteiger partial charge in [-0.2, -0.15) is 13.2 Å². The van der Waals surface area contributed by atoms with Crippen molar-refractivity contribution in [3.05, 3.63) is 58.1 Å². The second-order valence-electron chi connectivity index (χ2n) is 6.13. The molecule has 0 saturated carbocycles. The number of amides is 1. The maximum absolute atomic E-state index is 13.4. The van der Waals surface area contributed by atoms with E-state index >= 15 is 0 Å². The summed E-state index contributed by atoms with van der Waals surface area (Å²) in [6.45, 7) is 3.26. The summed E-state index contributed by atoms with van der Waals surface area (Å²) in [6.07, 6.45) is -3.84. The van der Waals surface area contributed by atoms with Crippen LogP contribution in [0.5, 0.6) is 5.75 Å². The summed E-state index contributed by atoms with van der Waals surface area (Å²) >= 11 is 1.32. The third-order valence-electron chi connectivity index (χ3n) is 3.88. The van der Waals surface area contributed by atoms with Crippen LogP contribution in [0.25, 0.3) is 0 Å². The van der Waals surface area contributed by atoms with Gasteiger partial charge in [0.25, 0.3) is 11.6 Å². The molecule has 0 heterocycles. The van der Waals surface area contributed by atoms with Crippen molar-refractivity contribution in [2.75, 3.05) is 11.9 Å². The van der Waals surface area contributed by atoms with Gasteiger partial charge in [-0.15, -0.1) is 11.8 Å². The summed E-state index contributed by atoms with van der Waals surface area (Å²) in [4.78, 5) is 22.6. The Morgan fingerprint density at radius 1 is 1.28 bits per heavy atom. The lowest BCUT2D eigenvalue weighted by atomic mass is 10.1. The number of non-ortho nitro benzene ring substituents is 1. The van der Waals surface area contributed by atoms with Crippen LogP contribution in [0.15, 0.2) is 47.4 Å². The molecule has 1 amide bonds. The SMILES string of the molecule is CCC(C)Sc1ccc(NC(=O)COc2cccc([N+](=O)[O-])c2)c(C(F)(F)F)c1. The fourth-order valence-corrected chi connectivity index (χ4v) is 3.24. The van der Waals surface area contributed by atoms with E-state index in [0.29, 0.717) is 4.90 Å². The van der Waals surface area contributed by atoms with Gasteiger partial charge in [0.05, 0.1) is 22.2 Å². The van der Waals surface area contributed by atoms with Crippen LogP contribution in [0.4, 0.5) is 24.5 Å². The highest BCUT2D eigenvalue weighted by Crippen LogP contribution is 2.38. The number of hydrogen-bond donors (Lipinski definition) is 1. The van der Waals surface area contributed by atoms with Crippen LogP contribution < -0.4 is 10.1 Å². The minimum absolute atomic E-state index is 0.0608.